The van der Waals surface area contributed by atoms with E-state index in [-0.39, 0.29) is 0 Å². The highest BCUT2D eigenvalue weighted by molar-refractivity contribution is 5.67. The fourth-order valence-corrected chi connectivity index (χ4v) is 2.90. The molecular weight excluding hydrogens is 330 g/mol. The Labute approximate surface area is 162 Å². The third-order valence-electron chi connectivity index (χ3n) is 4.33. The van der Waals surface area contributed by atoms with Crippen LogP contribution in [0, 0.1) is 0 Å². The maximum atomic E-state index is 4.79. The number of unbranched alkanes of at least 4 members (excludes halogenated alkanes) is 2. The Morgan fingerprint density at radius 3 is 2.22 bits per heavy atom. The van der Waals surface area contributed by atoms with Gasteiger partial charge >= 0.3 is 0 Å². The van der Waals surface area contributed by atoms with Crippen molar-refractivity contribution in [3.8, 4) is 22.6 Å². The molecule has 1 aromatic heterocycles. The number of rotatable bonds is 9. The summed E-state index contributed by atoms with van der Waals surface area (Å²) in [5.74, 6) is 1.64. The molecule has 0 saturated heterocycles. The van der Waals surface area contributed by atoms with Crippen LogP contribution in [0.3, 0.4) is 0 Å². The summed E-state index contributed by atoms with van der Waals surface area (Å²) in [7, 11) is 0. The van der Waals surface area contributed by atoms with Crippen LogP contribution in [0.15, 0.2) is 78.9 Å². The molecule has 27 heavy (non-hydrogen) atoms. The lowest BCUT2D eigenvalue weighted by Crippen LogP contribution is -2.05. The van der Waals surface area contributed by atoms with Crippen LogP contribution >= 0.6 is 0 Å². The zero-order valence-electron chi connectivity index (χ0n) is 15.9. The Morgan fingerprint density at radius 2 is 1.52 bits per heavy atom. The van der Waals surface area contributed by atoms with Gasteiger partial charge < -0.3 is 5.32 Å². The second kappa shape index (κ2) is 10.3. The van der Waals surface area contributed by atoms with Gasteiger partial charge in [0.05, 0.1) is 5.69 Å². The van der Waals surface area contributed by atoms with Crippen molar-refractivity contribution in [2.24, 2.45) is 0 Å². The summed E-state index contributed by atoms with van der Waals surface area (Å²) in [5, 5.41) is 3.48. The van der Waals surface area contributed by atoms with Gasteiger partial charge in [0.2, 0.25) is 0 Å². The van der Waals surface area contributed by atoms with Crippen LogP contribution in [0.5, 0.6) is 0 Å². The summed E-state index contributed by atoms with van der Waals surface area (Å²) in [4.78, 5) is 9.53. The van der Waals surface area contributed by atoms with Gasteiger partial charge in [0.25, 0.3) is 0 Å². The van der Waals surface area contributed by atoms with Crippen LogP contribution in [0.1, 0.15) is 32.6 Å². The molecule has 2 aromatic carbocycles. The van der Waals surface area contributed by atoms with Gasteiger partial charge in [-0.05, 0) is 25.7 Å². The number of aromatic nitrogens is 2. The van der Waals surface area contributed by atoms with Gasteiger partial charge in [-0.2, -0.15) is 0 Å². The molecular formula is C24H27N3. The number of hydrogen-bond acceptors (Lipinski definition) is 3. The van der Waals surface area contributed by atoms with Crippen molar-refractivity contribution in [2.45, 2.75) is 32.6 Å². The zero-order chi connectivity index (χ0) is 18.7. The second-order valence-electron chi connectivity index (χ2n) is 6.50. The van der Waals surface area contributed by atoms with Crippen LogP contribution in [0.4, 0.5) is 5.82 Å². The summed E-state index contributed by atoms with van der Waals surface area (Å²) in [6.45, 7) is 3.08. The van der Waals surface area contributed by atoms with Crippen molar-refractivity contribution in [3.63, 3.8) is 0 Å². The van der Waals surface area contributed by atoms with Crippen LogP contribution < -0.4 is 5.32 Å². The molecule has 138 valence electrons. The molecule has 0 saturated carbocycles. The number of nitrogens with one attached hydrogen (secondary N) is 1. The van der Waals surface area contributed by atoms with E-state index in [1.807, 2.05) is 54.6 Å². The van der Waals surface area contributed by atoms with Crippen molar-refractivity contribution in [1.82, 2.24) is 9.97 Å². The Morgan fingerprint density at radius 1 is 0.815 bits per heavy atom. The molecule has 0 unspecified atom stereocenters. The lowest BCUT2D eigenvalue weighted by Gasteiger charge is -2.10. The van der Waals surface area contributed by atoms with Crippen molar-refractivity contribution < 1.29 is 0 Å². The van der Waals surface area contributed by atoms with E-state index in [4.69, 9.17) is 9.97 Å². The summed E-state index contributed by atoms with van der Waals surface area (Å²) in [6, 6.07) is 22.5. The molecule has 3 heteroatoms. The third-order valence-corrected chi connectivity index (χ3v) is 4.33. The van der Waals surface area contributed by atoms with Crippen LogP contribution in [0.2, 0.25) is 0 Å². The molecule has 0 bridgehead atoms. The molecule has 3 rings (SSSR count). The van der Waals surface area contributed by atoms with Gasteiger partial charge in [-0.3, -0.25) is 0 Å². The molecule has 1 heterocycles. The van der Waals surface area contributed by atoms with E-state index in [9.17, 15) is 0 Å². The number of hydrogen-bond donors (Lipinski definition) is 1. The molecule has 0 amide bonds. The molecule has 0 atom stereocenters. The van der Waals surface area contributed by atoms with E-state index in [0.29, 0.717) is 0 Å². The molecule has 0 aliphatic carbocycles. The van der Waals surface area contributed by atoms with E-state index in [0.717, 1.165) is 54.3 Å². The summed E-state index contributed by atoms with van der Waals surface area (Å²) in [6.07, 6.45) is 9.07. The van der Waals surface area contributed by atoms with Crippen molar-refractivity contribution >= 4 is 5.82 Å². The topological polar surface area (TPSA) is 37.8 Å². The Bertz CT molecular complexity index is 784. The summed E-state index contributed by atoms with van der Waals surface area (Å²) < 4.78 is 0. The molecule has 0 spiro atoms. The van der Waals surface area contributed by atoms with Crippen molar-refractivity contribution in [2.75, 3.05) is 11.9 Å². The predicted molar refractivity (Wildman–Crippen MR) is 115 cm³/mol. The summed E-state index contributed by atoms with van der Waals surface area (Å²) >= 11 is 0. The van der Waals surface area contributed by atoms with Gasteiger partial charge in [-0.15, -0.1) is 0 Å². The fourth-order valence-electron chi connectivity index (χ4n) is 2.90. The zero-order valence-corrected chi connectivity index (χ0v) is 15.9. The average Bonchev–Trinajstić information content (AvgIpc) is 2.74. The number of nitrogens with zero attached hydrogens (tertiary/aromatic N) is 2. The molecule has 0 aliphatic heterocycles. The van der Waals surface area contributed by atoms with Crippen molar-refractivity contribution in [1.29, 1.82) is 0 Å². The quantitative estimate of drug-likeness (QED) is 0.358. The maximum Gasteiger partial charge on any atom is 0.162 e. The maximum absolute atomic E-state index is 4.79. The third kappa shape index (κ3) is 5.78. The monoisotopic (exact) mass is 357 g/mol. The van der Waals surface area contributed by atoms with E-state index in [1.165, 1.54) is 6.42 Å². The fraction of sp³-hybridized carbons (Fsp3) is 0.250. The van der Waals surface area contributed by atoms with Gasteiger partial charge in [0.15, 0.2) is 5.82 Å². The largest absolute Gasteiger partial charge is 0.370 e. The Kier molecular flexibility index (Phi) is 7.16. The first-order valence-corrected chi connectivity index (χ1v) is 9.75. The van der Waals surface area contributed by atoms with Crippen molar-refractivity contribution in [3.05, 3.63) is 78.9 Å². The minimum Gasteiger partial charge on any atom is -0.370 e. The SMILES string of the molecule is CC/C=C/CCCCNc1cc(-c2ccccc2)nc(-c2ccccc2)n1. The molecule has 1 N–H and O–H groups in total. The highest BCUT2D eigenvalue weighted by atomic mass is 15.0. The first-order valence-electron chi connectivity index (χ1n) is 9.75. The Hall–Kier alpha value is -2.94. The minimum atomic E-state index is 0.755. The van der Waals surface area contributed by atoms with Crippen LogP contribution in [-0.2, 0) is 0 Å². The molecule has 3 aromatic rings. The van der Waals surface area contributed by atoms with Gasteiger partial charge in [0.1, 0.15) is 5.82 Å². The highest BCUT2D eigenvalue weighted by Gasteiger charge is 2.08. The minimum absolute atomic E-state index is 0.755. The van der Waals surface area contributed by atoms with E-state index in [2.05, 4.69) is 36.5 Å². The molecule has 0 fully saturated rings. The first-order chi connectivity index (χ1) is 13.4. The standard InChI is InChI=1S/C24H27N3/c1-2-3-4-5-6-13-18-25-23-19-22(20-14-9-7-10-15-20)26-24(27-23)21-16-11-8-12-17-21/h3-4,7-12,14-17,19H,2,5-6,13,18H2,1H3,(H,25,26,27)/b4-3+. The number of allylic oxidation sites excluding steroid dienone is 2. The van der Waals surface area contributed by atoms with Crippen LogP contribution in [0.25, 0.3) is 22.6 Å². The van der Waals surface area contributed by atoms with Gasteiger partial charge in [-0.1, -0.05) is 79.7 Å². The average molecular weight is 358 g/mol. The normalized spacial score (nSPS) is 11.0. The van der Waals surface area contributed by atoms with E-state index in [1.54, 1.807) is 0 Å². The molecule has 3 nitrogen and oxygen atoms in total. The Balaban J connectivity index is 1.75. The van der Waals surface area contributed by atoms with Crippen LogP contribution in [-0.4, -0.2) is 16.5 Å². The number of anilines is 1. The second-order valence-corrected chi connectivity index (χ2v) is 6.50. The van der Waals surface area contributed by atoms with Gasteiger partial charge in [-0.25, -0.2) is 9.97 Å². The number of benzene rings is 2. The van der Waals surface area contributed by atoms with Gasteiger partial charge in [0, 0.05) is 23.7 Å². The van der Waals surface area contributed by atoms with E-state index < -0.39 is 0 Å². The smallest absolute Gasteiger partial charge is 0.162 e. The lowest BCUT2D eigenvalue weighted by molar-refractivity contribution is 0.775. The highest BCUT2D eigenvalue weighted by Crippen LogP contribution is 2.24. The summed E-state index contributed by atoms with van der Waals surface area (Å²) in [5.41, 5.74) is 3.07. The van der Waals surface area contributed by atoms with E-state index >= 15 is 0 Å². The predicted octanol–water partition coefficient (Wildman–Crippen LogP) is 6.36. The molecule has 0 aliphatic rings. The lowest BCUT2D eigenvalue weighted by atomic mass is 10.1. The molecule has 0 radical (unpaired) electrons. The first kappa shape index (κ1) is 18.8.